The monoisotopic (exact) mass is 235 g/mol. The van der Waals surface area contributed by atoms with Gasteiger partial charge in [0.2, 0.25) is 0 Å². The fourth-order valence-electron chi connectivity index (χ4n) is 1.32. The largest absolute Gasteiger partial charge is 0.484 e. The number of hydrogen-bond donors (Lipinski definition) is 1. The van der Waals surface area contributed by atoms with Crippen molar-refractivity contribution in [3.63, 3.8) is 0 Å². The van der Waals surface area contributed by atoms with E-state index in [4.69, 9.17) is 4.74 Å². The lowest BCUT2D eigenvalue weighted by atomic mass is 10.1. The molecule has 0 aliphatic heterocycles. The molecule has 17 heavy (non-hydrogen) atoms. The van der Waals surface area contributed by atoms with E-state index in [0.717, 1.165) is 11.3 Å². The quantitative estimate of drug-likeness (QED) is 0.851. The van der Waals surface area contributed by atoms with Crippen LogP contribution in [0.25, 0.3) is 0 Å². The molecule has 0 spiro atoms. The van der Waals surface area contributed by atoms with Gasteiger partial charge in [-0.1, -0.05) is 26.0 Å². The number of amides is 1. The molecule has 0 saturated carbocycles. The van der Waals surface area contributed by atoms with Gasteiger partial charge in [0.1, 0.15) is 5.75 Å². The van der Waals surface area contributed by atoms with Crippen molar-refractivity contribution in [3.05, 3.63) is 29.8 Å². The van der Waals surface area contributed by atoms with Crippen molar-refractivity contribution >= 4 is 5.91 Å². The van der Waals surface area contributed by atoms with Crippen LogP contribution in [0.2, 0.25) is 0 Å². The van der Waals surface area contributed by atoms with Gasteiger partial charge in [0.05, 0.1) is 0 Å². The van der Waals surface area contributed by atoms with Crippen LogP contribution in [0.1, 0.15) is 26.3 Å². The number of rotatable bonds is 5. The first-order valence-electron chi connectivity index (χ1n) is 5.98. The third kappa shape index (κ3) is 4.89. The van der Waals surface area contributed by atoms with Crippen LogP contribution >= 0.6 is 0 Å². The highest BCUT2D eigenvalue weighted by Crippen LogP contribution is 2.12. The van der Waals surface area contributed by atoms with Gasteiger partial charge in [-0.05, 0) is 37.5 Å². The minimum absolute atomic E-state index is 0.0700. The number of ether oxygens (including phenoxy) is 1. The van der Waals surface area contributed by atoms with Crippen molar-refractivity contribution in [3.8, 4) is 5.75 Å². The number of benzene rings is 1. The molecule has 0 aliphatic rings. The fourth-order valence-corrected chi connectivity index (χ4v) is 1.32. The molecule has 0 radical (unpaired) electrons. The summed E-state index contributed by atoms with van der Waals surface area (Å²) < 4.78 is 5.42. The lowest BCUT2D eigenvalue weighted by Gasteiger charge is -2.17. The summed E-state index contributed by atoms with van der Waals surface area (Å²) in [7, 11) is 0. The number of carbonyl (C=O) groups is 1. The second kappa shape index (κ2) is 6.28. The average molecular weight is 235 g/mol. The highest BCUT2D eigenvalue weighted by atomic mass is 16.5. The molecule has 0 bridgehead atoms. The molecule has 3 heteroatoms. The zero-order valence-electron chi connectivity index (χ0n) is 11.0. The Balaban J connectivity index is 2.38. The normalized spacial score (nSPS) is 12.3. The van der Waals surface area contributed by atoms with Crippen molar-refractivity contribution in [2.24, 2.45) is 5.92 Å². The number of hydrogen-bond acceptors (Lipinski definition) is 2. The Morgan fingerprint density at radius 3 is 2.65 bits per heavy atom. The number of carbonyl (C=O) groups excluding carboxylic acids is 1. The molecule has 0 aromatic heterocycles. The zero-order valence-corrected chi connectivity index (χ0v) is 11.0. The van der Waals surface area contributed by atoms with Gasteiger partial charge in [0, 0.05) is 6.04 Å². The maximum absolute atomic E-state index is 11.6. The van der Waals surface area contributed by atoms with Crippen LogP contribution in [0, 0.1) is 12.8 Å². The Morgan fingerprint density at radius 1 is 1.35 bits per heavy atom. The van der Waals surface area contributed by atoms with Crippen LogP contribution in [-0.2, 0) is 4.79 Å². The fraction of sp³-hybridized carbons (Fsp3) is 0.500. The van der Waals surface area contributed by atoms with E-state index in [1.165, 1.54) is 0 Å². The third-order valence-corrected chi connectivity index (χ3v) is 2.75. The van der Waals surface area contributed by atoms with Crippen molar-refractivity contribution in [1.29, 1.82) is 0 Å². The molecule has 94 valence electrons. The molecule has 1 amide bonds. The van der Waals surface area contributed by atoms with E-state index in [1.54, 1.807) is 0 Å². The van der Waals surface area contributed by atoms with Gasteiger partial charge in [0.25, 0.3) is 5.91 Å². The highest BCUT2D eigenvalue weighted by molar-refractivity contribution is 5.77. The summed E-state index contributed by atoms with van der Waals surface area (Å²) in [6, 6.07) is 7.85. The Hall–Kier alpha value is -1.51. The Bertz CT molecular complexity index is 374. The van der Waals surface area contributed by atoms with Crippen molar-refractivity contribution in [2.75, 3.05) is 6.61 Å². The predicted molar refractivity (Wildman–Crippen MR) is 69.1 cm³/mol. The van der Waals surface area contributed by atoms with Crippen molar-refractivity contribution in [2.45, 2.75) is 33.7 Å². The molecule has 3 nitrogen and oxygen atoms in total. The second-order valence-corrected chi connectivity index (χ2v) is 4.71. The van der Waals surface area contributed by atoms with Gasteiger partial charge in [-0.3, -0.25) is 4.79 Å². The summed E-state index contributed by atoms with van der Waals surface area (Å²) in [5.74, 6) is 1.09. The topological polar surface area (TPSA) is 38.3 Å². The molecule has 1 atom stereocenters. The van der Waals surface area contributed by atoms with Gasteiger partial charge >= 0.3 is 0 Å². The third-order valence-electron chi connectivity index (χ3n) is 2.75. The smallest absolute Gasteiger partial charge is 0.258 e. The SMILES string of the molecule is Cc1cccc(OCC(=O)N[C@H](C)C(C)C)c1. The molecule has 1 rings (SSSR count). The highest BCUT2D eigenvalue weighted by Gasteiger charge is 2.10. The van der Waals surface area contributed by atoms with Crippen LogP contribution in [0.3, 0.4) is 0 Å². The molecule has 1 N–H and O–H groups in total. The average Bonchev–Trinajstić information content (AvgIpc) is 2.26. The Kier molecular flexibility index (Phi) is 5.01. The summed E-state index contributed by atoms with van der Waals surface area (Å²) in [6.45, 7) is 8.21. The summed E-state index contributed by atoms with van der Waals surface area (Å²) in [4.78, 5) is 11.6. The van der Waals surface area contributed by atoms with Gasteiger partial charge in [-0.2, -0.15) is 0 Å². The first-order chi connectivity index (χ1) is 7.99. The molecule has 1 aromatic carbocycles. The minimum Gasteiger partial charge on any atom is -0.484 e. The summed E-state index contributed by atoms with van der Waals surface area (Å²) in [6.07, 6.45) is 0. The van der Waals surface area contributed by atoms with Gasteiger partial charge < -0.3 is 10.1 Å². The van der Waals surface area contributed by atoms with Crippen LogP contribution in [0.4, 0.5) is 0 Å². The summed E-state index contributed by atoms with van der Waals surface area (Å²) in [5.41, 5.74) is 1.12. The van der Waals surface area contributed by atoms with Crippen LogP contribution in [0.15, 0.2) is 24.3 Å². The van der Waals surface area contributed by atoms with Crippen LogP contribution in [0.5, 0.6) is 5.75 Å². The summed E-state index contributed by atoms with van der Waals surface area (Å²) in [5, 5.41) is 2.90. The van der Waals surface area contributed by atoms with E-state index in [0.29, 0.717) is 5.92 Å². The lowest BCUT2D eigenvalue weighted by molar-refractivity contribution is -0.124. The maximum atomic E-state index is 11.6. The molecule has 0 unspecified atom stereocenters. The second-order valence-electron chi connectivity index (χ2n) is 4.71. The lowest BCUT2D eigenvalue weighted by Crippen LogP contribution is -2.38. The Labute approximate surface area is 103 Å². The minimum atomic E-state index is -0.0762. The molecule has 0 aliphatic carbocycles. The van der Waals surface area contributed by atoms with E-state index >= 15 is 0 Å². The number of nitrogens with one attached hydrogen (secondary N) is 1. The molecule has 0 fully saturated rings. The standard InChI is InChI=1S/C14H21NO2/c1-10(2)12(4)15-14(16)9-17-13-7-5-6-11(3)8-13/h5-8,10,12H,9H2,1-4H3,(H,15,16)/t12-/m1/s1. The zero-order chi connectivity index (χ0) is 12.8. The van der Waals surface area contributed by atoms with E-state index in [9.17, 15) is 4.79 Å². The van der Waals surface area contributed by atoms with Crippen molar-refractivity contribution < 1.29 is 9.53 Å². The first kappa shape index (κ1) is 13.6. The van der Waals surface area contributed by atoms with Gasteiger partial charge in [-0.25, -0.2) is 0 Å². The van der Waals surface area contributed by atoms with Crippen LogP contribution < -0.4 is 10.1 Å². The Morgan fingerprint density at radius 2 is 2.06 bits per heavy atom. The van der Waals surface area contributed by atoms with Crippen LogP contribution in [-0.4, -0.2) is 18.6 Å². The summed E-state index contributed by atoms with van der Waals surface area (Å²) >= 11 is 0. The molecule has 0 heterocycles. The van der Waals surface area contributed by atoms with E-state index < -0.39 is 0 Å². The van der Waals surface area contributed by atoms with E-state index in [2.05, 4.69) is 19.2 Å². The maximum Gasteiger partial charge on any atom is 0.258 e. The predicted octanol–water partition coefficient (Wildman–Crippen LogP) is 2.53. The first-order valence-corrected chi connectivity index (χ1v) is 5.98. The molecular weight excluding hydrogens is 214 g/mol. The number of aryl methyl sites for hydroxylation is 1. The van der Waals surface area contributed by atoms with Gasteiger partial charge in [-0.15, -0.1) is 0 Å². The van der Waals surface area contributed by atoms with Gasteiger partial charge in [0.15, 0.2) is 6.61 Å². The van der Waals surface area contributed by atoms with E-state index in [-0.39, 0.29) is 18.6 Å². The molecular formula is C14H21NO2. The molecule has 1 aromatic rings. The van der Waals surface area contributed by atoms with E-state index in [1.807, 2.05) is 38.1 Å². The van der Waals surface area contributed by atoms with Crippen molar-refractivity contribution in [1.82, 2.24) is 5.32 Å². The molecule has 0 saturated heterocycles.